The first-order valence-corrected chi connectivity index (χ1v) is 5.58. The Kier molecular flexibility index (Phi) is 3.89. The monoisotopic (exact) mass is 243 g/mol. The molecule has 0 bridgehead atoms. The molecule has 96 valence electrons. The average molecular weight is 243 g/mol. The van der Waals surface area contributed by atoms with Crippen molar-refractivity contribution in [2.75, 3.05) is 6.61 Å². The summed E-state index contributed by atoms with van der Waals surface area (Å²) in [6.45, 7) is 4.90. The highest BCUT2D eigenvalue weighted by molar-refractivity contribution is 5.32. The predicted molar refractivity (Wildman–Crippen MR) is 63.7 cm³/mol. The molecule has 0 aliphatic rings. The van der Waals surface area contributed by atoms with E-state index in [1.807, 2.05) is 0 Å². The lowest BCUT2D eigenvalue weighted by Gasteiger charge is -2.42. The molecule has 3 N–H and O–H groups in total. The fourth-order valence-electron chi connectivity index (χ4n) is 2.02. The molecule has 0 heterocycles. The molecule has 1 unspecified atom stereocenters. The molecule has 0 spiro atoms. The fourth-order valence-corrected chi connectivity index (χ4v) is 2.02. The molecule has 1 aromatic rings. The molecule has 0 amide bonds. The smallest absolute Gasteiger partial charge is 0.129 e. The molecule has 0 aliphatic carbocycles. The summed E-state index contributed by atoms with van der Waals surface area (Å²) in [4.78, 5) is 0. The Morgan fingerprint density at radius 3 is 2.00 bits per heavy atom. The Hall–Kier alpha value is -1.00. The Morgan fingerprint density at radius 1 is 1.18 bits per heavy atom. The minimum absolute atomic E-state index is 0.0541. The first-order valence-electron chi connectivity index (χ1n) is 5.58. The summed E-state index contributed by atoms with van der Waals surface area (Å²) >= 11 is 0. The van der Waals surface area contributed by atoms with Crippen LogP contribution in [0.2, 0.25) is 0 Å². The molecule has 1 aromatic carbocycles. The molecule has 1 atom stereocenters. The van der Waals surface area contributed by atoms with Crippen molar-refractivity contribution in [1.82, 2.24) is 0 Å². The second-order valence-electron chi connectivity index (χ2n) is 5.12. The largest absolute Gasteiger partial charge is 0.396 e. The van der Waals surface area contributed by atoms with Crippen molar-refractivity contribution < 1.29 is 13.9 Å². The van der Waals surface area contributed by atoms with Crippen molar-refractivity contribution in [3.8, 4) is 0 Å². The Balaban J connectivity index is 3.43. The maximum atomic E-state index is 13.8. The van der Waals surface area contributed by atoms with Crippen LogP contribution in [-0.2, 0) is 5.41 Å². The van der Waals surface area contributed by atoms with Crippen LogP contribution < -0.4 is 5.73 Å². The van der Waals surface area contributed by atoms with E-state index in [4.69, 9.17) is 10.8 Å². The van der Waals surface area contributed by atoms with Crippen LogP contribution in [0.25, 0.3) is 0 Å². The summed E-state index contributed by atoms with van der Waals surface area (Å²) < 4.78 is 27.6. The second kappa shape index (κ2) is 4.70. The van der Waals surface area contributed by atoms with Crippen molar-refractivity contribution in [2.45, 2.75) is 38.1 Å². The molecule has 0 radical (unpaired) electrons. The summed E-state index contributed by atoms with van der Waals surface area (Å²) in [6.07, 6.45) is 0.203. The lowest BCUT2D eigenvalue weighted by Crippen LogP contribution is -2.53. The molecule has 2 nitrogen and oxygen atoms in total. The molecule has 1 rings (SSSR count). The van der Waals surface area contributed by atoms with Gasteiger partial charge in [0.1, 0.15) is 11.6 Å². The van der Waals surface area contributed by atoms with Gasteiger partial charge in [0.25, 0.3) is 0 Å². The maximum absolute atomic E-state index is 13.8. The molecule has 0 saturated carbocycles. The van der Waals surface area contributed by atoms with Crippen LogP contribution in [0.15, 0.2) is 18.2 Å². The normalized spacial score (nSPS) is 15.7. The third-order valence-electron chi connectivity index (χ3n) is 3.55. The minimum atomic E-state index is -0.961. The van der Waals surface area contributed by atoms with E-state index in [1.54, 1.807) is 20.8 Å². The van der Waals surface area contributed by atoms with E-state index >= 15 is 0 Å². The van der Waals surface area contributed by atoms with Gasteiger partial charge in [0, 0.05) is 23.1 Å². The SMILES string of the molecule is CC(C)(N)C(C)(CCO)c1c(F)cccc1F. The van der Waals surface area contributed by atoms with E-state index in [0.717, 1.165) is 0 Å². The van der Waals surface area contributed by atoms with Gasteiger partial charge in [-0.05, 0) is 32.4 Å². The predicted octanol–water partition coefficient (Wildman–Crippen LogP) is 2.34. The standard InChI is InChI=1S/C13H19F2NO/c1-12(2,16)13(3,7-8-17)11-9(14)5-4-6-10(11)15/h4-6,17H,7-8,16H2,1-3H3. The lowest BCUT2D eigenvalue weighted by atomic mass is 9.66. The van der Waals surface area contributed by atoms with Gasteiger partial charge in [-0.15, -0.1) is 0 Å². The zero-order valence-electron chi connectivity index (χ0n) is 10.4. The average Bonchev–Trinajstić information content (AvgIpc) is 2.15. The van der Waals surface area contributed by atoms with Crippen LogP contribution in [0.4, 0.5) is 8.78 Å². The van der Waals surface area contributed by atoms with Crippen LogP contribution >= 0.6 is 0 Å². The van der Waals surface area contributed by atoms with Crippen LogP contribution in [0.5, 0.6) is 0 Å². The Morgan fingerprint density at radius 2 is 1.65 bits per heavy atom. The number of halogens is 2. The third kappa shape index (κ3) is 2.48. The summed E-state index contributed by atoms with van der Waals surface area (Å²) in [5.41, 5.74) is 4.16. The number of nitrogens with two attached hydrogens (primary N) is 1. The van der Waals surface area contributed by atoms with Crippen molar-refractivity contribution in [3.05, 3.63) is 35.4 Å². The van der Waals surface area contributed by atoms with Gasteiger partial charge >= 0.3 is 0 Å². The lowest BCUT2D eigenvalue weighted by molar-refractivity contribution is 0.182. The third-order valence-corrected chi connectivity index (χ3v) is 3.55. The van der Waals surface area contributed by atoms with E-state index in [-0.39, 0.29) is 18.6 Å². The number of hydrogen-bond acceptors (Lipinski definition) is 2. The van der Waals surface area contributed by atoms with Crippen LogP contribution in [-0.4, -0.2) is 17.3 Å². The molecule has 0 saturated heterocycles. The highest BCUT2D eigenvalue weighted by Crippen LogP contribution is 2.39. The molecule has 0 fully saturated rings. The number of rotatable bonds is 4. The quantitative estimate of drug-likeness (QED) is 0.852. The van der Waals surface area contributed by atoms with Gasteiger partial charge in [0.15, 0.2) is 0 Å². The Labute approximate surface area is 100 Å². The second-order valence-corrected chi connectivity index (χ2v) is 5.12. The molecular weight excluding hydrogens is 224 g/mol. The number of hydrogen-bond donors (Lipinski definition) is 2. The van der Waals surface area contributed by atoms with Gasteiger partial charge in [-0.1, -0.05) is 13.0 Å². The summed E-state index contributed by atoms with van der Waals surface area (Å²) in [6, 6.07) is 3.73. The minimum Gasteiger partial charge on any atom is -0.396 e. The Bertz CT molecular complexity index is 381. The fraction of sp³-hybridized carbons (Fsp3) is 0.538. The highest BCUT2D eigenvalue weighted by atomic mass is 19.1. The molecular formula is C13H19F2NO. The van der Waals surface area contributed by atoms with E-state index in [1.165, 1.54) is 18.2 Å². The van der Waals surface area contributed by atoms with Gasteiger partial charge in [0.05, 0.1) is 0 Å². The topological polar surface area (TPSA) is 46.2 Å². The van der Waals surface area contributed by atoms with E-state index in [9.17, 15) is 8.78 Å². The molecule has 17 heavy (non-hydrogen) atoms. The molecule has 0 aromatic heterocycles. The van der Waals surface area contributed by atoms with Crippen molar-refractivity contribution in [1.29, 1.82) is 0 Å². The summed E-state index contributed by atoms with van der Waals surface area (Å²) in [5, 5.41) is 9.11. The number of aliphatic hydroxyl groups is 1. The number of benzene rings is 1. The number of aliphatic hydroxyl groups excluding tert-OH is 1. The molecule has 4 heteroatoms. The van der Waals surface area contributed by atoms with Crippen LogP contribution in [0.3, 0.4) is 0 Å². The highest BCUT2D eigenvalue weighted by Gasteiger charge is 2.42. The van der Waals surface area contributed by atoms with Gasteiger partial charge in [-0.25, -0.2) is 8.78 Å². The first kappa shape index (κ1) is 14.1. The van der Waals surface area contributed by atoms with Crippen LogP contribution in [0, 0.1) is 11.6 Å². The van der Waals surface area contributed by atoms with E-state index in [0.29, 0.717) is 0 Å². The van der Waals surface area contributed by atoms with Crippen LogP contribution in [0.1, 0.15) is 32.8 Å². The van der Waals surface area contributed by atoms with Gasteiger partial charge < -0.3 is 10.8 Å². The summed E-state index contributed by atoms with van der Waals surface area (Å²) in [5.74, 6) is -1.25. The van der Waals surface area contributed by atoms with Gasteiger partial charge in [-0.3, -0.25) is 0 Å². The van der Waals surface area contributed by atoms with E-state index < -0.39 is 22.6 Å². The maximum Gasteiger partial charge on any atom is 0.129 e. The summed E-state index contributed by atoms with van der Waals surface area (Å²) in [7, 11) is 0. The van der Waals surface area contributed by atoms with Gasteiger partial charge in [-0.2, -0.15) is 0 Å². The first-order chi connectivity index (χ1) is 7.74. The zero-order valence-corrected chi connectivity index (χ0v) is 10.4. The van der Waals surface area contributed by atoms with Crippen molar-refractivity contribution >= 4 is 0 Å². The zero-order chi connectivity index (χ0) is 13.3. The van der Waals surface area contributed by atoms with E-state index in [2.05, 4.69) is 0 Å². The van der Waals surface area contributed by atoms with Crippen molar-refractivity contribution in [2.24, 2.45) is 5.73 Å². The van der Waals surface area contributed by atoms with Crippen molar-refractivity contribution in [3.63, 3.8) is 0 Å². The van der Waals surface area contributed by atoms with Gasteiger partial charge in [0.2, 0.25) is 0 Å². The molecule has 0 aliphatic heterocycles.